The van der Waals surface area contributed by atoms with Gasteiger partial charge in [0.15, 0.2) is 11.5 Å². The molecule has 0 saturated carbocycles. The molecule has 3 rings (SSSR count). The summed E-state index contributed by atoms with van der Waals surface area (Å²) in [5.74, 6) is 2.03. The Morgan fingerprint density at radius 2 is 2.17 bits per heavy atom. The number of aliphatic hydroxyl groups excluding tert-OH is 1. The van der Waals surface area contributed by atoms with Gasteiger partial charge in [-0.05, 0) is 32.0 Å². The highest BCUT2D eigenvalue weighted by Crippen LogP contribution is 2.35. The molecule has 0 bridgehead atoms. The van der Waals surface area contributed by atoms with Crippen LogP contribution < -0.4 is 19.5 Å². The summed E-state index contributed by atoms with van der Waals surface area (Å²) >= 11 is 0. The van der Waals surface area contributed by atoms with Gasteiger partial charge in [-0.15, -0.1) is 0 Å². The Labute approximate surface area is 141 Å². The Morgan fingerprint density at radius 3 is 2.96 bits per heavy atom. The van der Waals surface area contributed by atoms with Crippen LogP contribution in [0.3, 0.4) is 0 Å². The third kappa shape index (κ3) is 3.98. The zero-order valence-electron chi connectivity index (χ0n) is 13.9. The van der Waals surface area contributed by atoms with Crippen molar-refractivity contribution in [1.82, 2.24) is 15.1 Å². The van der Waals surface area contributed by atoms with Crippen LogP contribution in [0, 0.1) is 0 Å². The first-order chi connectivity index (χ1) is 11.6. The zero-order valence-corrected chi connectivity index (χ0v) is 13.9. The second-order valence-corrected chi connectivity index (χ2v) is 5.90. The molecule has 2 N–H and O–H groups in total. The fourth-order valence-corrected chi connectivity index (χ4v) is 2.46. The Kier molecular flexibility index (Phi) is 5.22. The lowest BCUT2D eigenvalue weighted by atomic mass is 10.1. The van der Waals surface area contributed by atoms with Crippen LogP contribution in [0.5, 0.6) is 17.2 Å². The lowest BCUT2D eigenvalue weighted by Gasteiger charge is -2.23. The molecule has 0 saturated heterocycles. The van der Waals surface area contributed by atoms with Gasteiger partial charge < -0.3 is 24.6 Å². The van der Waals surface area contributed by atoms with E-state index in [-0.39, 0.29) is 25.5 Å². The Bertz CT molecular complexity index is 647. The summed E-state index contributed by atoms with van der Waals surface area (Å²) in [5.41, 5.74) is 0. The summed E-state index contributed by atoms with van der Waals surface area (Å²) in [7, 11) is 0. The summed E-state index contributed by atoms with van der Waals surface area (Å²) in [5, 5.41) is 17.6. The van der Waals surface area contributed by atoms with Crippen molar-refractivity contribution in [2.75, 3.05) is 19.9 Å². The third-order valence-corrected chi connectivity index (χ3v) is 4.13. The van der Waals surface area contributed by atoms with E-state index in [2.05, 4.69) is 24.3 Å². The number of hydrogen-bond acceptors (Lipinski definition) is 6. The van der Waals surface area contributed by atoms with Crippen molar-refractivity contribution in [2.24, 2.45) is 0 Å². The van der Waals surface area contributed by atoms with Gasteiger partial charge in [0.1, 0.15) is 18.5 Å². The predicted octanol–water partition coefficient (Wildman–Crippen LogP) is 1.59. The molecule has 0 aliphatic carbocycles. The van der Waals surface area contributed by atoms with Gasteiger partial charge in [0.2, 0.25) is 6.79 Å². The van der Waals surface area contributed by atoms with Gasteiger partial charge in [-0.1, -0.05) is 0 Å². The van der Waals surface area contributed by atoms with Crippen molar-refractivity contribution in [3.63, 3.8) is 0 Å². The van der Waals surface area contributed by atoms with Crippen LogP contribution in [0.15, 0.2) is 36.7 Å². The minimum absolute atomic E-state index is 0.171. The third-order valence-electron chi connectivity index (χ3n) is 4.13. The molecule has 0 fully saturated rings. The second kappa shape index (κ2) is 7.55. The van der Waals surface area contributed by atoms with Crippen LogP contribution in [0.1, 0.15) is 19.9 Å². The van der Waals surface area contributed by atoms with Gasteiger partial charge in [-0.3, -0.25) is 4.68 Å². The number of aromatic nitrogens is 2. The smallest absolute Gasteiger partial charge is 0.231 e. The van der Waals surface area contributed by atoms with Gasteiger partial charge >= 0.3 is 0 Å². The minimum atomic E-state index is -0.609. The molecule has 0 unspecified atom stereocenters. The molecular formula is C17H23N3O4. The Morgan fingerprint density at radius 1 is 1.33 bits per heavy atom. The van der Waals surface area contributed by atoms with Gasteiger partial charge in [0.05, 0.1) is 6.04 Å². The number of nitrogens with one attached hydrogen (secondary N) is 1. The van der Waals surface area contributed by atoms with Crippen LogP contribution in [-0.4, -0.2) is 47.0 Å². The van der Waals surface area contributed by atoms with Crippen molar-refractivity contribution in [3.05, 3.63) is 36.7 Å². The first-order valence-corrected chi connectivity index (χ1v) is 8.06. The van der Waals surface area contributed by atoms with Crippen LogP contribution in [0.4, 0.5) is 0 Å². The van der Waals surface area contributed by atoms with E-state index in [0.29, 0.717) is 23.8 Å². The highest BCUT2D eigenvalue weighted by atomic mass is 16.7. The molecule has 2 heterocycles. The molecule has 2 aromatic rings. The van der Waals surface area contributed by atoms with Crippen LogP contribution in [0.2, 0.25) is 0 Å². The Balaban J connectivity index is 1.42. The number of nitrogens with zero attached hydrogens (tertiary/aromatic N) is 2. The molecule has 1 aliphatic rings. The molecule has 130 valence electrons. The fraction of sp³-hybridized carbons (Fsp3) is 0.471. The van der Waals surface area contributed by atoms with E-state index in [1.165, 1.54) is 0 Å². The fourth-order valence-electron chi connectivity index (χ4n) is 2.46. The monoisotopic (exact) mass is 333 g/mol. The number of fused-ring (bicyclic) bond motifs is 1. The molecular weight excluding hydrogens is 310 g/mol. The van der Waals surface area contributed by atoms with Crippen LogP contribution >= 0.6 is 0 Å². The van der Waals surface area contributed by atoms with Gasteiger partial charge in [0.25, 0.3) is 0 Å². The average Bonchev–Trinajstić information content (AvgIpc) is 3.27. The summed E-state index contributed by atoms with van der Waals surface area (Å²) in [4.78, 5) is 0. The molecule has 1 aromatic heterocycles. The molecule has 24 heavy (non-hydrogen) atoms. The SMILES string of the molecule is C[C@H](NC[C@H](O)COc1ccc2c(c1)OCO2)[C@@H](C)n1cccn1. The molecule has 7 heteroatoms. The van der Waals surface area contributed by atoms with Crippen LogP contribution in [-0.2, 0) is 0 Å². The molecule has 3 atom stereocenters. The summed E-state index contributed by atoms with van der Waals surface area (Å²) in [6, 6.07) is 7.64. The average molecular weight is 333 g/mol. The van der Waals surface area contributed by atoms with E-state index >= 15 is 0 Å². The number of benzene rings is 1. The quantitative estimate of drug-likeness (QED) is 0.764. The number of hydrogen-bond donors (Lipinski definition) is 2. The molecule has 0 amide bonds. The maximum atomic E-state index is 10.1. The van der Waals surface area contributed by atoms with Crippen molar-refractivity contribution in [3.8, 4) is 17.2 Å². The first-order valence-electron chi connectivity index (χ1n) is 8.06. The zero-order chi connectivity index (χ0) is 16.9. The maximum Gasteiger partial charge on any atom is 0.231 e. The maximum absolute atomic E-state index is 10.1. The van der Waals surface area contributed by atoms with Gasteiger partial charge in [0, 0.05) is 31.0 Å². The molecule has 0 spiro atoms. The molecule has 1 aromatic carbocycles. The van der Waals surface area contributed by atoms with E-state index in [0.717, 1.165) is 0 Å². The van der Waals surface area contributed by atoms with Gasteiger partial charge in [-0.25, -0.2) is 0 Å². The Hall–Kier alpha value is -2.25. The lowest BCUT2D eigenvalue weighted by Crippen LogP contribution is -2.40. The van der Waals surface area contributed by atoms with E-state index in [9.17, 15) is 5.11 Å². The molecule has 1 aliphatic heterocycles. The highest BCUT2D eigenvalue weighted by molar-refractivity contribution is 5.46. The number of rotatable bonds is 8. The lowest BCUT2D eigenvalue weighted by molar-refractivity contribution is 0.102. The van der Waals surface area contributed by atoms with Crippen molar-refractivity contribution >= 4 is 0 Å². The summed E-state index contributed by atoms with van der Waals surface area (Å²) in [6.45, 7) is 5.03. The molecule has 7 nitrogen and oxygen atoms in total. The highest BCUT2D eigenvalue weighted by Gasteiger charge is 2.17. The van der Waals surface area contributed by atoms with E-state index in [4.69, 9.17) is 14.2 Å². The van der Waals surface area contributed by atoms with E-state index < -0.39 is 6.10 Å². The minimum Gasteiger partial charge on any atom is -0.491 e. The topological polar surface area (TPSA) is 77.8 Å². The summed E-state index contributed by atoms with van der Waals surface area (Å²) in [6.07, 6.45) is 3.09. The van der Waals surface area contributed by atoms with E-state index in [1.54, 1.807) is 24.4 Å². The normalized spacial score (nSPS) is 16.6. The van der Waals surface area contributed by atoms with E-state index in [1.807, 2.05) is 16.9 Å². The number of ether oxygens (including phenoxy) is 3. The van der Waals surface area contributed by atoms with Crippen molar-refractivity contribution in [2.45, 2.75) is 32.0 Å². The van der Waals surface area contributed by atoms with Crippen molar-refractivity contribution in [1.29, 1.82) is 0 Å². The second-order valence-electron chi connectivity index (χ2n) is 5.90. The molecule has 0 radical (unpaired) electrons. The largest absolute Gasteiger partial charge is 0.491 e. The first kappa shape index (κ1) is 16.6. The van der Waals surface area contributed by atoms with Crippen molar-refractivity contribution < 1.29 is 19.3 Å². The van der Waals surface area contributed by atoms with Gasteiger partial charge in [-0.2, -0.15) is 5.10 Å². The van der Waals surface area contributed by atoms with Crippen LogP contribution in [0.25, 0.3) is 0 Å². The number of aliphatic hydroxyl groups is 1. The standard InChI is InChI=1S/C17H23N3O4/c1-12(13(2)20-7-3-6-19-20)18-9-14(21)10-22-15-4-5-16-17(8-15)24-11-23-16/h3-8,12-14,18,21H,9-11H2,1-2H3/t12-,13+,14-/m0/s1. The summed E-state index contributed by atoms with van der Waals surface area (Å²) < 4.78 is 18.1. The predicted molar refractivity (Wildman–Crippen MR) is 88.5 cm³/mol.